The van der Waals surface area contributed by atoms with Gasteiger partial charge >= 0.3 is 0 Å². The third-order valence-electron chi connectivity index (χ3n) is 4.97. The fraction of sp³-hybridized carbons (Fsp3) is 0.737. The first-order valence-electron chi connectivity index (χ1n) is 9.71. The molecule has 2 aliphatic heterocycles. The minimum atomic E-state index is 0. The van der Waals surface area contributed by atoms with Crippen molar-refractivity contribution in [1.29, 1.82) is 0 Å². The number of thiophene rings is 1. The minimum absolute atomic E-state index is 0. The second-order valence-electron chi connectivity index (χ2n) is 6.97. The molecule has 2 fully saturated rings. The van der Waals surface area contributed by atoms with Crippen LogP contribution in [-0.4, -0.2) is 82.0 Å². The van der Waals surface area contributed by atoms with Gasteiger partial charge in [-0.25, -0.2) is 0 Å². The standard InChI is InChI=1S/C19H32N4O2S.HI/c1-20-19(21-6-3-11-24-15-17-5-12-25-16-17)23-9-7-22(8-10-23)14-18-4-2-13-26-18;/h2,4,13,17H,3,5-12,14-16H2,1H3,(H,20,21);1H. The molecule has 0 saturated carbocycles. The first kappa shape index (κ1) is 22.9. The lowest BCUT2D eigenvalue weighted by atomic mass is 10.1. The van der Waals surface area contributed by atoms with Crippen LogP contribution in [0, 0.1) is 5.92 Å². The minimum Gasteiger partial charge on any atom is -0.381 e. The molecule has 0 aliphatic carbocycles. The van der Waals surface area contributed by atoms with Crippen molar-refractivity contribution < 1.29 is 9.47 Å². The van der Waals surface area contributed by atoms with Crippen LogP contribution in [-0.2, 0) is 16.0 Å². The van der Waals surface area contributed by atoms with Gasteiger partial charge in [-0.1, -0.05) is 6.07 Å². The topological polar surface area (TPSA) is 49.3 Å². The average Bonchev–Trinajstić information content (AvgIpc) is 3.36. The molecule has 0 radical (unpaired) electrons. The van der Waals surface area contributed by atoms with Gasteiger partial charge in [0.25, 0.3) is 0 Å². The highest BCUT2D eigenvalue weighted by molar-refractivity contribution is 14.0. The Bertz CT molecular complexity index is 530. The van der Waals surface area contributed by atoms with Crippen molar-refractivity contribution in [3.63, 3.8) is 0 Å². The third kappa shape index (κ3) is 7.84. The van der Waals surface area contributed by atoms with E-state index < -0.39 is 0 Å². The molecule has 154 valence electrons. The summed E-state index contributed by atoms with van der Waals surface area (Å²) in [5, 5.41) is 5.64. The molecule has 6 nitrogen and oxygen atoms in total. The molecular weight excluding hydrogens is 475 g/mol. The van der Waals surface area contributed by atoms with Gasteiger partial charge in [-0.05, 0) is 24.3 Å². The maximum absolute atomic E-state index is 5.76. The molecule has 3 heterocycles. The summed E-state index contributed by atoms with van der Waals surface area (Å²) in [6.45, 7) is 9.61. The van der Waals surface area contributed by atoms with E-state index in [-0.39, 0.29) is 24.0 Å². The molecule has 1 N–H and O–H groups in total. The number of guanidine groups is 1. The predicted molar refractivity (Wildman–Crippen MR) is 122 cm³/mol. The van der Waals surface area contributed by atoms with Crippen molar-refractivity contribution in [2.45, 2.75) is 19.4 Å². The largest absolute Gasteiger partial charge is 0.381 e. The van der Waals surface area contributed by atoms with Crippen LogP contribution in [0.4, 0.5) is 0 Å². The number of hydrogen-bond acceptors (Lipinski definition) is 5. The number of aliphatic imine (C=N–C) groups is 1. The van der Waals surface area contributed by atoms with Gasteiger partial charge in [0.05, 0.1) is 13.2 Å². The lowest BCUT2D eigenvalue weighted by Gasteiger charge is -2.36. The lowest BCUT2D eigenvalue weighted by molar-refractivity contribution is 0.0886. The third-order valence-corrected chi connectivity index (χ3v) is 5.83. The average molecular weight is 508 g/mol. The molecule has 27 heavy (non-hydrogen) atoms. The number of nitrogens with one attached hydrogen (secondary N) is 1. The van der Waals surface area contributed by atoms with Crippen LogP contribution in [0.2, 0.25) is 0 Å². The van der Waals surface area contributed by atoms with E-state index in [9.17, 15) is 0 Å². The molecule has 1 aromatic heterocycles. The van der Waals surface area contributed by atoms with Crippen LogP contribution in [0.25, 0.3) is 0 Å². The van der Waals surface area contributed by atoms with Gasteiger partial charge in [-0.2, -0.15) is 0 Å². The molecule has 1 unspecified atom stereocenters. The van der Waals surface area contributed by atoms with Crippen LogP contribution >= 0.6 is 35.3 Å². The molecule has 2 aliphatic rings. The summed E-state index contributed by atoms with van der Waals surface area (Å²) >= 11 is 1.84. The summed E-state index contributed by atoms with van der Waals surface area (Å²) in [7, 11) is 1.87. The van der Waals surface area contributed by atoms with Crippen molar-refractivity contribution in [2.24, 2.45) is 10.9 Å². The van der Waals surface area contributed by atoms with E-state index in [4.69, 9.17) is 9.47 Å². The smallest absolute Gasteiger partial charge is 0.193 e. The highest BCUT2D eigenvalue weighted by Crippen LogP contribution is 2.14. The van der Waals surface area contributed by atoms with E-state index in [1.165, 1.54) is 4.88 Å². The highest BCUT2D eigenvalue weighted by atomic mass is 127. The number of hydrogen-bond donors (Lipinski definition) is 1. The fourth-order valence-corrected chi connectivity index (χ4v) is 4.16. The Kier molecular flexibility index (Phi) is 10.9. The van der Waals surface area contributed by atoms with Crippen molar-refractivity contribution >= 4 is 41.3 Å². The number of halogens is 1. The fourth-order valence-electron chi connectivity index (χ4n) is 3.41. The number of piperazine rings is 1. The predicted octanol–water partition coefficient (Wildman–Crippen LogP) is 2.50. The number of nitrogens with zero attached hydrogens (tertiary/aromatic N) is 3. The zero-order chi connectivity index (χ0) is 18.0. The summed E-state index contributed by atoms with van der Waals surface area (Å²) in [6, 6.07) is 4.35. The van der Waals surface area contributed by atoms with Crippen molar-refractivity contribution in [1.82, 2.24) is 15.1 Å². The molecule has 1 aromatic rings. The van der Waals surface area contributed by atoms with E-state index in [1.807, 2.05) is 18.4 Å². The molecule has 8 heteroatoms. The summed E-state index contributed by atoms with van der Waals surface area (Å²) < 4.78 is 11.1. The zero-order valence-corrected chi connectivity index (χ0v) is 19.4. The molecule has 0 aromatic carbocycles. The maximum Gasteiger partial charge on any atom is 0.193 e. The van der Waals surface area contributed by atoms with Crippen LogP contribution in [0.3, 0.4) is 0 Å². The summed E-state index contributed by atoms with van der Waals surface area (Å²) in [6.07, 6.45) is 2.15. The van der Waals surface area contributed by atoms with Crippen molar-refractivity contribution in [2.75, 3.05) is 66.2 Å². The quantitative estimate of drug-likeness (QED) is 0.253. The second kappa shape index (κ2) is 12.9. The Morgan fingerprint density at radius 1 is 1.37 bits per heavy atom. The number of ether oxygens (including phenoxy) is 2. The van der Waals surface area contributed by atoms with Gasteiger partial charge in [-0.15, -0.1) is 35.3 Å². The Morgan fingerprint density at radius 3 is 2.89 bits per heavy atom. The lowest BCUT2D eigenvalue weighted by Crippen LogP contribution is -2.52. The van der Waals surface area contributed by atoms with Crippen LogP contribution in [0.1, 0.15) is 17.7 Å². The SMILES string of the molecule is CN=C(NCCCOCC1CCOC1)N1CCN(Cc2cccs2)CC1.I. The van der Waals surface area contributed by atoms with Crippen LogP contribution in [0.15, 0.2) is 22.5 Å². The Hall–Kier alpha value is -0.420. The van der Waals surface area contributed by atoms with Gasteiger partial charge in [0, 0.05) is 70.3 Å². The van der Waals surface area contributed by atoms with Gasteiger partial charge in [0.15, 0.2) is 5.96 Å². The maximum atomic E-state index is 5.76. The van der Waals surface area contributed by atoms with Gasteiger partial charge in [-0.3, -0.25) is 9.89 Å². The molecule has 3 rings (SSSR count). The van der Waals surface area contributed by atoms with E-state index in [0.717, 1.165) is 84.5 Å². The van der Waals surface area contributed by atoms with E-state index in [1.54, 1.807) is 0 Å². The number of rotatable bonds is 8. The normalized spacial score (nSPS) is 21.3. The molecule has 0 spiro atoms. The summed E-state index contributed by atoms with van der Waals surface area (Å²) in [4.78, 5) is 10.8. The molecule has 2 saturated heterocycles. The van der Waals surface area contributed by atoms with E-state index >= 15 is 0 Å². The first-order valence-corrected chi connectivity index (χ1v) is 10.6. The molecular formula is C19H33IN4O2S. The zero-order valence-electron chi connectivity index (χ0n) is 16.3. The van der Waals surface area contributed by atoms with Gasteiger partial charge < -0.3 is 19.7 Å². The van der Waals surface area contributed by atoms with Crippen LogP contribution < -0.4 is 5.32 Å². The molecule has 0 bridgehead atoms. The highest BCUT2D eigenvalue weighted by Gasteiger charge is 2.19. The van der Waals surface area contributed by atoms with Crippen molar-refractivity contribution in [3.8, 4) is 0 Å². The summed E-state index contributed by atoms with van der Waals surface area (Å²) in [5.74, 6) is 1.62. The van der Waals surface area contributed by atoms with Gasteiger partial charge in [0.2, 0.25) is 0 Å². The molecule has 1 atom stereocenters. The first-order chi connectivity index (χ1) is 12.8. The second-order valence-corrected chi connectivity index (χ2v) is 8.01. The Balaban J connectivity index is 0.00000261. The Labute approximate surface area is 184 Å². The van der Waals surface area contributed by atoms with Gasteiger partial charge in [0.1, 0.15) is 0 Å². The van der Waals surface area contributed by atoms with Crippen LogP contribution in [0.5, 0.6) is 0 Å². The molecule has 0 amide bonds. The van der Waals surface area contributed by atoms with Crippen molar-refractivity contribution in [3.05, 3.63) is 22.4 Å². The monoisotopic (exact) mass is 508 g/mol. The van der Waals surface area contributed by atoms with E-state index in [0.29, 0.717) is 5.92 Å². The summed E-state index contributed by atoms with van der Waals surface area (Å²) in [5.41, 5.74) is 0. The Morgan fingerprint density at radius 2 is 2.22 bits per heavy atom. The van der Waals surface area contributed by atoms with E-state index in [2.05, 4.69) is 37.6 Å².